The Hall–Kier alpha value is -3.15. The molecule has 2 heterocycles. The molecule has 0 bridgehead atoms. The van der Waals surface area contributed by atoms with E-state index in [-0.39, 0.29) is 11.3 Å². The van der Waals surface area contributed by atoms with E-state index in [9.17, 15) is 4.79 Å². The number of carbonyl (C=O) groups is 1. The molecule has 6 nitrogen and oxygen atoms in total. The van der Waals surface area contributed by atoms with Gasteiger partial charge in [0.05, 0.1) is 12.8 Å². The first-order valence-corrected chi connectivity index (χ1v) is 8.42. The van der Waals surface area contributed by atoms with E-state index in [0.29, 0.717) is 23.8 Å². The van der Waals surface area contributed by atoms with E-state index < -0.39 is 0 Å². The molecule has 0 aliphatic heterocycles. The van der Waals surface area contributed by atoms with Crippen LogP contribution in [0.3, 0.4) is 0 Å². The minimum atomic E-state index is -0.282. The zero-order valence-electron chi connectivity index (χ0n) is 15.1. The maximum absolute atomic E-state index is 12.2. The second kappa shape index (κ2) is 7.39. The van der Waals surface area contributed by atoms with Gasteiger partial charge in [-0.3, -0.25) is 4.79 Å². The second-order valence-corrected chi connectivity index (χ2v) is 7.00. The van der Waals surface area contributed by atoms with Crippen LogP contribution in [0.4, 0.5) is 11.5 Å². The number of hydrogen-bond acceptors (Lipinski definition) is 5. The topological polar surface area (TPSA) is 80.0 Å². The van der Waals surface area contributed by atoms with Gasteiger partial charge in [-0.2, -0.15) is 0 Å². The Morgan fingerprint density at radius 1 is 1.12 bits per heavy atom. The molecule has 0 saturated heterocycles. The van der Waals surface area contributed by atoms with Crippen LogP contribution in [0.1, 0.15) is 42.6 Å². The number of nitrogens with zero attached hydrogens (tertiary/aromatic N) is 2. The van der Waals surface area contributed by atoms with Gasteiger partial charge in [0.15, 0.2) is 0 Å². The quantitative estimate of drug-likeness (QED) is 0.726. The van der Waals surface area contributed by atoms with Gasteiger partial charge in [-0.15, -0.1) is 0 Å². The minimum absolute atomic E-state index is 0.104. The van der Waals surface area contributed by atoms with E-state index >= 15 is 0 Å². The Kier molecular flexibility index (Phi) is 5.02. The molecule has 0 spiro atoms. The van der Waals surface area contributed by atoms with E-state index in [0.717, 1.165) is 5.69 Å². The third-order valence-electron chi connectivity index (χ3n) is 3.93. The van der Waals surface area contributed by atoms with Crippen molar-refractivity contribution in [1.29, 1.82) is 0 Å². The number of aromatic nitrogens is 2. The molecule has 3 aromatic rings. The second-order valence-electron chi connectivity index (χ2n) is 7.00. The number of benzene rings is 1. The van der Waals surface area contributed by atoms with Gasteiger partial charge < -0.3 is 15.1 Å². The highest BCUT2D eigenvalue weighted by atomic mass is 16.3. The first-order valence-electron chi connectivity index (χ1n) is 8.42. The third-order valence-corrected chi connectivity index (χ3v) is 3.93. The van der Waals surface area contributed by atoms with Gasteiger partial charge in [0.1, 0.15) is 23.6 Å². The molecule has 0 fully saturated rings. The fraction of sp³-hybridized carbons (Fsp3) is 0.250. The van der Waals surface area contributed by atoms with E-state index in [4.69, 9.17) is 4.42 Å². The Morgan fingerprint density at radius 2 is 1.88 bits per heavy atom. The Bertz CT molecular complexity index is 866. The van der Waals surface area contributed by atoms with Crippen molar-refractivity contribution in [2.75, 3.05) is 5.32 Å². The van der Waals surface area contributed by atoms with Crippen LogP contribution in [-0.2, 0) is 12.0 Å². The largest absolute Gasteiger partial charge is 0.467 e. The van der Waals surface area contributed by atoms with Crippen LogP contribution in [-0.4, -0.2) is 15.9 Å². The summed E-state index contributed by atoms with van der Waals surface area (Å²) in [5.41, 5.74) is 2.55. The van der Waals surface area contributed by atoms with Crippen LogP contribution in [0.25, 0.3) is 0 Å². The SMILES string of the molecule is CC(C)(C)c1ccc(Nc2cc(C(=O)NCc3ccco3)ncn2)cc1. The molecule has 0 aliphatic rings. The summed E-state index contributed by atoms with van der Waals surface area (Å²) in [6.45, 7) is 6.83. The number of rotatable bonds is 5. The Labute approximate surface area is 152 Å². The van der Waals surface area contributed by atoms with E-state index in [2.05, 4.69) is 53.5 Å². The van der Waals surface area contributed by atoms with Crippen LogP contribution >= 0.6 is 0 Å². The Balaban J connectivity index is 1.66. The number of anilines is 2. The van der Waals surface area contributed by atoms with E-state index in [1.54, 1.807) is 24.5 Å². The fourth-order valence-electron chi connectivity index (χ4n) is 2.42. The van der Waals surface area contributed by atoms with Crippen molar-refractivity contribution < 1.29 is 9.21 Å². The van der Waals surface area contributed by atoms with Crippen molar-refractivity contribution in [2.45, 2.75) is 32.7 Å². The molecule has 0 radical (unpaired) electrons. The van der Waals surface area contributed by atoms with Crippen molar-refractivity contribution in [3.63, 3.8) is 0 Å². The van der Waals surface area contributed by atoms with Crippen LogP contribution < -0.4 is 10.6 Å². The first-order chi connectivity index (χ1) is 12.4. The maximum atomic E-state index is 12.2. The van der Waals surface area contributed by atoms with Crippen LogP contribution in [0.15, 0.2) is 59.5 Å². The molecular weight excluding hydrogens is 328 g/mol. The highest BCUT2D eigenvalue weighted by Gasteiger charge is 2.13. The van der Waals surface area contributed by atoms with Gasteiger partial charge in [-0.25, -0.2) is 9.97 Å². The molecule has 0 aliphatic carbocycles. The molecule has 26 heavy (non-hydrogen) atoms. The zero-order chi connectivity index (χ0) is 18.6. The lowest BCUT2D eigenvalue weighted by Crippen LogP contribution is -2.23. The highest BCUT2D eigenvalue weighted by molar-refractivity contribution is 5.92. The van der Waals surface area contributed by atoms with Crippen molar-refractivity contribution in [3.8, 4) is 0 Å². The zero-order valence-corrected chi connectivity index (χ0v) is 15.1. The van der Waals surface area contributed by atoms with Crippen molar-refractivity contribution in [1.82, 2.24) is 15.3 Å². The van der Waals surface area contributed by atoms with Crippen molar-refractivity contribution in [3.05, 3.63) is 72.1 Å². The molecule has 3 rings (SSSR count). The number of nitrogens with one attached hydrogen (secondary N) is 2. The summed E-state index contributed by atoms with van der Waals surface area (Å²) in [5.74, 6) is 0.964. The predicted molar refractivity (Wildman–Crippen MR) is 100 cm³/mol. The molecule has 0 atom stereocenters. The molecule has 0 saturated carbocycles. The Morgan fingerprint density at radius 3 is 2.54 bits per heavy atom. The number of carbonyl (C=O) groups excluding carboxylic acids is 1. The lowest BCUT2D eigenvalue weighted by atomic mass is 9.87. The summed E-state index contributed by atoms with van der Waals surface area (Å²) < 4.78 is 5.20. The van der Waals surface area contributed by atoms with E-state index in [1.807, 2.05) is 12.1 Å². The summed E-state index contributed by atoms with van der Waals surface area (Å²) >= 11 is 0. The highest BCUT2D eigenvalue weighted by Crippen LogP contribution is 2.24. The smallest absolute Gasteiger partial charge is 0.270 e. The molecule has 2 aromatic heterocycles. The van der Waals surface area contributed by atoms with Crippen LogP contribution in [0.5, 0.6) is 0 Å². The van der Waals surface area contributed by atoms with Crippen LogP contribution in [0, 0.1) is 0 Å². The lowest BCUT2D eigenvalue weighted by Gasteiger charge is -2.19. The van der Waals surface area contributed by atoms with Crippen molar-refractivity contribution in [2.24, 2.45) is 0 Å². The number of furan rings is 1. The van der Waals surface area contributed by atoms with Crippen molar-refractivity contribution >= 4 is 17.4 Å². The summed E-state index contributed by atoms with van der Waals surface area (Å²) in [5, 5.41) is 5.96. The summed E-state index contributed by atoms with van der Waals surface area (Å²) in [7, 11) is 0. The lowest BCUT2D eigenvalue weighted by molar-refractivity contribution is 0.0943. The van der Waals surface area contributed by atoms with Gasteiger partial charge in [0.25, 0.3) is 5.91 Å². The van der Waals surface area contributed by atoms with Gasteiger partial charge in [-0.1, -0.05) is 32.9 Å². The standard InChI is InChI=1S/C20H22N4O2/c1-20(2,3)14-6-8-15(9-7-14)24-18-11-17(22-13-23-18)19(25)21-12-16-5-4-10-26-16/h4-11,13H,12H2,1-3H3,(H,21,25)(H,22,23,24). The minimum Gasteiger partial charge on any atom is -0.467 e. The first kappa shape index (κ1) is 17.7. The molecule has 1 aromatic carbocycles. The van der Waals surface area contributed by atoms with Gasteiger partial charge >= 0.3 is 0 Å². The fourth-order valence-corrected chi connectivity index (χ4v) is 2.42. The molecule has 134 valence electrons. The van der Waals surface area contributed by atoms with E-state index in [1.165, 1.54) is 11.9 Å². The average Bonchev–Trinajstić information content (AvgIpc) is 3.13. The summed E-state index contributed by atoms with van der Waals surface area (Å²) in [4.78, 5) is 20.4. The normalized spacial score (nSPS) is 11.2. The van der Waals surface area contributed by atoms with Gasteiger partial charge in [-0.05, 0) is 35.2 Å². The summed E-state index contributed by atoms with van der Waals surface area (Å²) in [6.07, 6.45) is 2.94. The van der Waals surface area contributed by atoms with Gasteiger partial charge in [0, 0.05) is 11.8 Å². The average molecular weight is 350 g/mol. The van der Waals surface area contributed by atoms with Crippen LogP contribution in [0.2, 0.25) is 0 Å². The number of hydrogen-bond donors (Lipinski definition) is 2. The monoisotopic (exact) mass is 350 g/mol. The number of amides is 1. The van der Waals surface area contributed by atoms with Gasteiger partial charge in [0.2, 0.25) is 0 Å². The molecule has 1 amide bonds. The third kappa shape index (κ3) is 4.47. The molecule has 0 unspecified atom stereocenters. The molecule has 2 N–H and O–H groups in total. The molecule has 6 heteroatoms. The molecular formula is C20H22N4O2. The maximum Gasteiger partial charge on any atom is 0.270 e. The predicted octanol–water partition coefficient (Wildman–Crippen LogP) is 4.04. The summed E-state index contributed by atoms with van der Waals surface area (Å²) in [6, 6.07) is 13.4.